The van der Waals surface area contributed by atoms with E-state index in [1.54, 1.807) is 7.11 Å². The van der Waals surface area contributed by atoms with Crippen molar-refractivity contribution in [3.05, 3.63) is 29.3 Å². The Balaban J connectivity index is 0.00000312. The number of hydrogen-bond acceptors (Lipinski definition) is 4. The summed E-state index contributed by atoms with van der Waals surface area (Å²) in [6.07, 6.45) is 1.31. The maximum Gasteiger partial charge on any atom is 0.240 e. The standard InChI is InChI=1S/C19H30N2O3.ClH/c1-6-24-16-12-19(20,18(16,3)4)17(22)21-10-9-14-11-13(2)7-8-15(14)23-5;/h7-8,11,16H,6,9-10,12,20H2,1-5H3,(H,21,22);1H. The predicted molar refractivity (Wildman–Crippen MR) is 102 cm³/mol. The van der Waals surface area contributed by atoms with Crippen molar-refractivity contribution in [3.8, 4) is 5.75 Å². The summed E-state index contributed by atoms with van der Waals surface area (Å²) in [7, 11) is 1.66. The van der Waals surface area contributed by atoms with Gasteiger partial charge in [-0.25, -0.2) is 0 Å². The first-order chi connectivity index (χ1) is 11.3. The molecule has 1 amide bonds. The first kappa shape index (κ1) is 21.7. The monoisotopic (exact) mass is 370 g/mol. The van der Waals surface area contributed by atoms with Crippen molar-refractivity contribution in [2.75, 3.05) is 20.3 Å². The molecule has 2 rings (SSSR count). The van der Waals surface area contributed by atoms with E-state index >= 15 is 0 Å². The molecule has 1 saturated carbocycles. The van der Waals surface area contributed by atoms with E-state index in [1.807, 2.05) is 39.8 Å². The van der Waals surface area contributed by atoms with Crippen molar-refractivity contribution < 1.29 is 14.3 Å². The van der Waals surface area contributed by atoms with Crippen molar-refractivity contribution in [1.82, 2.24) is 5.32 Å². The van der Waals surface area contributed by atoms with Crippen LogP contribution in [0.25, 0.3) is 0 Å². The van der Waals surface area contributed by atoms with Crippen molar-refractivity contribution >= 4 is 18.3 Å². The second-order valence-corrected chi connectivity index (χ2v) is 7.16. The zero-order chi connectivity index (χ0) is 18.0. The molecule has 6 heteroatoms. The number of methoxy groups -OCH3 is 1. The van der Waals surface area contributed by atoms with Crippen LogP contribution >= 0.6 is 12.4 Å². The minimum absolute atomic E-state index is 0. The maximum atomic E-state index is 12.6. The fourth-order valence-corrected chi connectivity index (χ4v) is 3.39. The van der Waals surface area contributed by atoms with Crippen LogP contribution < -0.4 is 15.8 Å². The third kappa shape index (κ3) is 4.10. The van der Waals surface area contributed by atoms with Gasteiger partial charge in [0.1, 0.15) is 11.3 Å². The van der Waals surface area contributed by atoms with Gasteiger partial charge in [0.25, 0.3) is 0 Å². The van der Waals surface area contributed by atoms with Crippen LogP contribution in [0.3, 0.4) is 0 Å². The Bertz CT molecular complexity index is 606. The molecule has 0 bridgehead atoms. The number of halogens is 1. The van der Waals surface area contributed by atoms with Crippen LogP contribution in [-0.2, 0) is 16.0 Å². The molecular weight excluding hydrogens is 340 g/mol. The Morgan fingerprint density at radius 2 is 2.08 bits per heavy atom. The zero-order valence-corrected chi connectivity index (χ0v) is 16.7. The van der Waals surface area contributed by atoms with Crippen LogP contribution in [-0.4, -0.2) is 37.8 Å². The molecule has 3 N–H and O–H groups in total. The Morgan fingerprint density at radius 1 is 1.40 bits per heavy atom. The van der Waals surface area contributed by atoms with Crippen LogP contribution in [0.1, 0.15) is 38.3 Å². The molecule has 1 aliphatic carbocycles. The van der Waals surface area contributed by atoms with Crippen LogP contribution in [0.2, 0.25) is 0 Å². The number of ether oxygens (including phenoxy) is 2. The molecule has 0 radical (unpaired) electrons. The van der Waals surface area contributed by atoms with Gasteiger partial charge in [0.2, 0.25) is 5.91 Å². The number of nitrogens with two attached hydrogens (primary N) is 1. The van der Waals surface area contributed by atoms with E-state index in [0.717, 1.165) is 11.3 Å². The minimum atomic E-state index is -0.872. The number of benzene rings is 1. The molecule has 5 nitrogen and oxygen atoms in total. The van der Waals surface area contributed by atoms with Gasteiger partial charge in [-0.3, -0.25) is 4.79 Å². The SMILES string of the molecule is CCOC1CC(N)(C(=O)NCCc2cc(C)ccc2OC)C1(C)C.Cl. The molecule has 25 heavy (non-hydrogen) atoms. The summed E-state index contributed by atoms with van der Waals surface area (Å²) in [6.45, 7) is 9.18. The molecule has 2 unspecified atom stereocenters. The highest BCUT2D eigenvalue weighted by atomic mass is 35.5. The summed E-state index contributed by atoms with van der Waals surface area (Å²) >= 11 is 0. The molecular formula is C19H31ClN2O3. The average Bonchev–Trinajstić information content (AvgIpc) is 2.54. The maximum absolute atomic E-state index is 12.6. The largest absolute Gasteiger partial charge is 0.496 e. The molecule has 0 heterocycles. The minimum Gasteiger partial charge on any atom is -0.496 e. The first-order valence-corrected chi connectivity index (χ1v) is 8.58. The van der Waals surface area contributed by atoms with E-state index in [-0.39, 0.29) is 29.8 Å². The van der Waals surface area contributed by atoms with Gasteiger partial charge in [0, 0.05) is 25.0 Å². The fourth-order valence-electron chi connectivity index (χ4n) is 3.39. The molecule has 1 aromatic rings. The van der Waals surface area contributed by atoms with Gasteiger partial charge in [-0.2, -0.15) is 0 Å². The summed E-state index contributed by atoms with van der Waals surface area (Å²) in [6, 6.07) is 6.06. The van der Waals surface area contributed by atoms with Gasteiger partial charge >= 0.3 is 0 Å². The van der Waals surface area contributed by atoms with Crippen molar-refractivity contribution in [3.63, 3.8) is 0 Å². The van der Waals surface area contributed by atoms with Crippen LogP contribution in [0.15, 0.2) is 18.2 Å². The Morgan fingerprint density at radius 3 is 2.64 bits per heavy atom. The van der Waals surface area contributed by atoms with Crippen LogP contribution in [0.5, 0.6) is 5.75 Å². The summed E-state index contributed by atoms with van der Waals surface area (Å²) in [4.78, 5) is 12.6. The molecule has 0 spiro atoms. The smallest absolute Gasteiger partial charge is 0.240 e. The molecule has 1 fully saturated rings. The van der Waals surface area contributed by atoms with Crippen molar-refractivity contribution in [2.24, 2.45) is 11.1 Å². The summed E-state index contributed by atoms with van der Waals surface area (Å²) in [5.41, 5.74) is 7.41. The Labute approximate surface area is 157 Å². The van der Waals surface area contributed by atoms with E-state index in [0.29, 0.717) is 26.0 Å². The summed E-state index contributed by atoms with van der Waals surface area (Å²) in [5, 5.41) is 2.99. The Kier molecular flexibility index (Phi) is 7.29. The van der Waals surface area contributed by atoms with Gasteiger partial charge < -0.3 is 20.5 Å². The second kappa shape index (κ2) is 8.39. The number of hydrogen-bond donors (Lipinski definition) is 2. The molecule has 2 atom stereocenters. The number of nitrogens with one attached hydrogen (secondary N) is 1. The average molecular weight is 371 g/mol. The predicted octanol–water partition coefficient (Wildman–Crippen LogP) is 2.62. The fraction of sp³-hybridized carbons (Fsp3) is 0.632. The lowest BCUT2D eigenvalue weighted by Crippen LogP contribution is -2.75. The number of aryl methyl sites for hydroxylation is 1. The lowest BCUT2D eigenvalue weighted by molar-refractivity contribution is -0.170. The highest BCUT2D eigenvalue weighted by molar-refractivity contribution is 5.88. The van der Waals surface area contributed by atoms with Gasteiger partial charge in [-0.05, 0) is 31.9 Å². The summed E-state index contributed by atoms with van der Waals surface area (Å²) in [5.74, 6) is 0.743. The van der Waals surface area contributed by atoms with E-state index < -0.39 is 5.54 Å². The van der Waals surface area contributed by atoms with E-state index in [2.05, 4.69) is 11.4 Å². The quantitative estimate of drug-likeness (QED) is 0.773. The second-order valence-electron chi connectivity index (χ2n) is 7.16. The molecule has 1 aromatic carbocycles. The highest BCUT2D eigenvalue weighted by Gasteiger charge is 2.62. The molecule has 0 aromatic heterocycles. The summed E-state index contributed by atoms with van der Waals surface area (Å²) < 4.78 is 11.1. The van der Waals surface area contributed by atoms with Gasteiger partial charge in [-0.15, -0.1) is 12.4 Å². The topological polar surface area (TPSA) is 73.6 Å². The third-order valence-corrected chi connectivity index (χ3v) is 5.35. The number of carbonyl (C=O) groups is 1. The lowest BCUT2D eigenvalue weighted by Gasteiger charge is -2.57. The molecule has 1 aliphatic rings. The molecule has 0 aliphatic heterocycles. The zero-order valence-electron chi connectivity index (χ0n) is 15.8. The van der Waals surface area contributed by atoms with Crippen molar-refractivity contribution in [1.29, 1.82) is 0 Å². The number of amides is 1. The normalized spacial score (nSPS) is 24.0. The van der Waals surface area contributed by atoms with Crippen molar-refractivity contribution in [2.45, 2.75) is 52.2 Å². The Hall–Kier alpha value is -1.30. The van der Waals surface area contributed by atoms with Gasteiger partial charge in [0.05, 0.1) is 13.2 Å². The molecule has 142 valence electrons. The molecule has 0 saturated heterocycles. The first-order valence-electron chi connectivity index (χ1n) is 8.58. The van der Waals surface area contributed by atoms with Crippen LogP contribution in [0.4, 0.5) is 0 Å². The van der Waals surface area contributed by atoms with Crippen LogP contribution in [0, 0.1) is 12.3 Å². The lowest BCUT2D eigenvalue weighted by atomic mass is 9.54. The van der Waals surface area contributed by atoms with E-state index in [4.69, 9.17) is 15.2 Å². The number of carbonyl (C=O) groups excluding carboxylic acids is 1. The van der Waals surface area contributed by atoms with E-state index in [9.17, 15) is 4.79 Å². The van der Waals surface area contributed by atoms with Gasteiger partial charge in [0.15, 0.2) is 0 Å². The number of rotatable bonds is 7. The highest BCUT2D eigenvalue weighted by Crippen LogP contribution is 2.49. The van der Waals surface area contributed by atoms with Gasteiger partial charge in [-0.1, -0.05) is 31.5 Å². The third-order valence-electron chi connectivity index (χ3n) is 5.35. The van der Waals surface area contributed by atoms with E-state index in [1.165, 1.54) is 5.56 Å².